The Morgan fingerprint density at radius 3 is 2.84 bits per heavy atom. The fourth-order valence-electron chi connectivity index (χ4n) is 2.86. The van der Waals surface area contributed by atoms with Crippen molar-refractivity contribution in [1.29, 1.82) is 0 Å². The SMILES string of the molecule is CC(C)(C)OC(=O)N1CCCC(CCCOCc2ccc(Cl)nn2)C1. The summed E-state index contributed by atoms with van der Waals surface area (Å²) in [6.45, 7) is 8.37. The van der Waals surface area contributed by atoms with Gasteiger partial charge in [0.15, 0.2) is 5.15 Å². The van der Waals surface area contributed by atoms with Crippen molar-refractivity contribution in [3.05, 3.63) is 23.0 Å². The van der Waals surface area contributed by atoms with Gasteiger partial charge in [0.2, 0.25) is 0 Å². The average molecular weight is 370 g/mol. The first-order valence-electron chi connectivity index (χ1n) is 8.87. The van der Waals surface area contributed by atoms with Crippen LogP contribution >= 0.6 is 11.6 Å². The van der Waals surface area contributed by atoms with E-state index in [1.165, 1.54) is 0 Å². The highest BCUT2D eigenvalue weighted by atomic mass is 35.5. The standard InChI is InChI=1S/C18H28ClN3O3/c1-18(2,3)25-17(23)22-10-4-6-14(12-22)7-5-11-24-13-15-8-9-16(19)21-20-15/h8-9,14H,4-7,10-13H2,1-3H3. The smallest absolute Gasteiger partial charge is 0.410 e. The summed E-state index contributed by atoms with van der Waals surface area (Å²) >= 11 is 5.70. The minimum atomic E-state index is -0.442. The highest BCUT2D eigenvalue weighted by molar-refractivity contribution is 6.29. The summed E-state index contributed by atoms with van der Waals surface area (Å²) in [7, 11) is 0. The quantitative estimate of drug-likeness (QED) is 0.707. The molecular weight excluding hydrogens is 342 g/mol. The number of carbonyl (C=O) groups is 1. The van der Waals surface area contributed by atoms with Crippen LogP contribution in [-0.2, 0) is 16.1 Å². The number of hydrogen-bond acceptors (Lipinski definition) is 5. The summed E-state index contributed by atoms with van der Waals surface area (Å²) in [5.74, 6) is 0.514. The van der Waals surface area contributed by atoms with Gasteiger partial charge in [-0.05, 0) is 64.5 Å². The van der Waals surface area contributed by atoms with Crippen molar-refractivity contribution in [3.63, 3.8) is 0 Å². The number of amides is 1. The van der Waals surface area contributed by atoms with Crippen molar-refractivity contribution in [2.24, 2.45) is 5.92 Å². The summed E-state index contributed by atoms with van der Waals surface area (Å²) in [6, 6.07) is 3.52. The van der Waals surface area contributed by atoms with Gasteiger partial charge in [-0.1, -0.05) is 11.6 Å². The molecular formula is C18H28ClN3O3. The predicted octanol–water partition coefficient (Wildman–Crippen LogP) is 4.07. The molecule has 7 heteroatoms. The van der Waals surface area contributed by atoms with Gasteiger partial charge in [-0.3, -0.25) is 0 Å². The summed E-state index contributed by atoms with van der Waals surface area (Å²) in [4.78, 5) is 14.0. The maximum Gasteiger partial charge on any atom is 0.410 e. The van der Waals surface area contributed by atoms with E-state index in [0.717, 1.165) is 44.5 Å². The van der Waals surface area contributed by atoms with Crippen LogP contribution in [0.4, 0.5) is 4.79 Å². The van der Waals surface area contributed by atoms with E-state index < -0.39 is 5.60 Å². The number of likely N-dealkylation sites (tertiary alicyclic amines) is 1. The lowest BCUT2D eigenvalue weighted by atomic mass is 9.94. The normalized spacial score (nSPS) is 18.2. The van der Waals surface area contributed by atoms with Gasteiger partial charge in [-0.2, -0.15) is 5.10 Å². The molecule has 1 aliphatic heterocycles. The molecule has 1 saturated heterocycles. The van der Waals surface area contributed by atoms with Crippen molar-refractivity contribution in [2.75, 3.05) is 19.7 Å². The molecule has 2 heterocycles. The minimum Gasteiger partial charge on any atom is -0.444 e. The first kappa shape index (κ1) is 19.9. The second kappa shape index (κ2) is 9.34. The Morgan fingerprint density at radius 1 is 1.36 bits per heavy atom. The Balaban J connectivity index is 1.63. The molecule has 1 amide bonds. The Bertz CT molecular complexity index is 545. The van der Waals surface area contributed by atoms with Crippen LogP contribution in [0.15, 0.2) is 12.1 Å². The van der Waals surface area contributed by atoms with Gasteiger partial charge >= 0.3 is 6.09 Å². The van der Waals surface area contributed by atoms with Crippen LogP contribution < -0.4 is 0 Å². The molecule has 1 fully saturated rings. The highest BCUT2D eigenvalue weighted by Gasteiger charge is 2.27. The van der Waals surface area contributed by atoms with Crippen LogP contribution in [0.25, 0.3) is 0 Å². The van der Waals surface area contributed by atoms with E-state index in [1.54, 1.807) is 6.07 Å². The van der Waals surface area contributed by atoms with E-state index in [0.29, 0.717) is 24.3 Å². The molecule has 0 aliphatic carbocycles. The van der Waals surface area contributed by atoms with E-state index >= 15 is 0 Å². The van der Waals surface area contributed by atoms with Crippen molar-refractivity contribution < 1.29 is 14.3 Å². The minimum absolute atomic E-state index is 0.199. The molecule has 0 saturated carbocycles. The number of rotatable bonds is 6. The molecule has 25 heavy (non-hydrogen) atoms. The van der Waals surface area contributed by atoms with Crippen molar-refractivity contribution in [2.45, 2.75) is 58.7 Å². The van der Waals surface area contributed by atoms with Gasteiger partial charge in [-0.25, -0.2) is 4.79 Å². The van der Waals surface area contributed by atoms with Gasteiger partial charge < -0.3 is 14.4 Å². The molecule has 6 nitrogen and oxygen atoms in total. The zero-order valence-corrected chi connectivity index (χ0v) is 16.1. The summed E-state index contributed by atoms with van der Waals surface area (Å²) in [5, 5.41) is 8.13. The predicted molar refractivity (Wildman–Crippen MR) is 96.5 cm³/mol. The third-order valence-corrected chi connectivity index (χ3v) is 4.21. The number of hydrogen-bond donors (Lipinski definition) is 0. The second-order valence-electron chi connectivity index (χ2n) is 7.48. The van der Waals surface area contributed by atoms with Crippen LogP contribution in [0.1, 0.15) is 52.1 Å². The Hall–Kier alpha value is -1.40. The molecule has 1 aromatic rings. The number of halogens is 1. The maximum atomic E-state index is 12.2. The topological polar surface area (TPSA) is 64.5 Å². The lowest BCUT2D eigenvalue weighted by Crippen LogP contribution is -2.42. The number of piperidine rings is 1. The van der Waals surface area contributed by atoms with Gasteiger partial charge in [0.25, 0.3) is 0 Å². The van der Waals surface area contributed by atoms with Crippen LogP contribution in [-0.4, -0.2) is 46.5 Å². The molecule has 0 spiro atoms. The molecule has 0 radical (unpaired) electrons. The number of ether oxygens (including phenoxy) is 2. The van der Waals surface area contributed by atoms with Crippen molar-refractivity contribution in [1.82, 2.24) is 15.1 Å². The van der Waals surface area contributed by atoms with Crippen LogP contribution in [0, 0.1) is 5.92 Å². The number of nitrogens with zero attached hydrogens (tertiary/aromatic N) is 3. The Labute approximate surface area is 154 Å². The van der Waals surface area contributed by atoms with Crippen LogP contribution in [0.5, 0.6) is 0 Å². The van der Waals surface area contributed by atoms with E-state index in [9.17, 15) is 4.79 Å². The first-order chi connectivity index (χ1) is 11.8. The van der Waals surface area contributed by atoms with E-state index in [1.807, 2.05) is 31.7 Å². The summed E-state index contributed by atoms with van der Waals surface area (Å²) in [5.41, 5.74) is 0.334. The summed E-state index contributed by atoms with van der Waals surface area (Å²) < 4.78 is 11.1. The van der Waals surface area contributed by atoms with Gasteiger partial charge in [-0.15, -0.1) is 5.10 Å². The lowest BCUT2D eigenvalue weighted by Gasteiger charge is -2.34. The largest absolute Gasteiger partial charge is 0.444 e. The van der Waals surface area contributed by atoms with Crippen molar-refractivity contribution in [3.8, 4) is 0 Å². The van der Waals surface area contributed by atoms with Gasteiger partial charge in [0.1, 0.15) is 5.60 Å². The van der Waals surface area contributed by atoms with E-state index in [2.05, 4.69) is 10.2 Å². The first-order valence-corrected chi connectivity index (χ1v) is 9.25. The Morgan fingerprint density at radius 2 is 2.16 bits per heavy atom. The van der Waals surface area contributed by atoms with Crippen LogP contribution in [0.3, 0.4) is 0 Å². The molecule has 0 aromatic carbocycles. The maximum absolute atomic E-state index is 12.2. The number of carbonyl (C=O) groups excluding carboxylic acids is 1. The molecule has 140 valence electrons. The lowest BCUT2D eigenvalue weighted by molar-refractivity contribution is 0.0155. The zero-order chi connectivity index (χ0) is 18.3. The zero-order valence-electron chi connectivity index (χ0n) is 15.3. The fourth-order valence-corrected chi connectivity index (χ4v) is 2.97. The number of aromatic nitrogens is 2. The molecule has 2 rings (SSSR count). The van der Waals surface area contributed by atoms with Crippen molar-refractivity contribution >= 4 is 17.7 Å². The van der Waals surface area contributed by atoms with Gasteiger partial charge in [0.05, 0.1) is 12.3 Å². The van der Waals surface area contributed by atoms with E-state index in [4.69, 9.17) is 21.1 Å². The average Bonchev–Trinajstić information content (AvgIpc) is 2.55. The monoisotopic (exact) mass is 369 g/mol. The molecule has 0 bridgehead atoms. The molecule has 0 N–H and O–H groups in total. The third kappa shape index (κ3) is 7.57. The molecule has 1 aliphatic rings. The van der Waals surface area contributed by atoms with Crippen LogP contribution in [0.2, 0.25) is 5.15 Å². The van der Waals surface area contributed by atoms with E-state index in [-0.39, 0.29) is 6.09 Å². The second-order valence-corrected chi connectivity index (χ2v) is 7.86. The Kier molecular flexibility index (Phi) is 7.44. The molecule has 1 unspecified atom stereocenters. The highest BCUT2D eigenvalue weighted by Crippen LogP contribution is 2.22. The fraction of sp³-hybridized carbons (Fsp3) is 0.722. The van der Waals surface area contributed by atoms with Gasteiger partial charge in [0, 0.05) is 19.7 Å². The molecule has 1 atom stereocenters. The molecule has 1 aromatic heterocycles. The summed E-state index contributed by atoms with van der Waals surface area (Å²) in [6.07, 6.45) is 4.00. The third-order valence-electron chi connectivity index (χ3n) is 4.01.